The third-order valence-corrected chi connectivity index (χ3v) is 3.75. The van der Waals surface area contributed by atoms with Gasteiger partial charge in [0, 0.05) is 13.1 Å². The summed E-state index contributed by atoms with van der Waals surface area (Å²) in [6, 6.07) is 4.72. The van der Waals surface area contributed by atoms with E-state index in [1.54, 1.807) is 12.1 Å². The number of rotatable bonds is 12. The lowest BCUT2D eigenvalue weighted by Gasteiger charge is -2.22. The van der Waals surface area contributed by atoms with Crippen molar-refractivity contribution in [1.82, 2.24) is 21.5 Å². The SMILES string of the molecule is CCNN[C@@H](Cc1ccc(O)cc1)C(=O)N[C@@H](CCCNC(=N)N)C(=O)O. The zero-order valence-corrected chi connectivity index (χ0v) is 15.3. The molecule has 0 fully saturated rings. The van der Waals surface area contributed by atoms with Crippen LogP contribution in [0.25, 0.3) is 0 Å². The normalized spacial score (nSPS) is 12.8. The Bertz CT molecular complexity index is 622. The van der Waals surface area contributed by atoms with Gasteiger partial charge < -0.3 is 26.6 Å². The molecule has 0 spiro atoms. The molecular weight excluding hydrogens is 352 g/mol. The molecule has 0 aliphatic carbocycles. The lowest BCUT2D eigenvalue weighted by molar-refractivity contribution is -0.142. The molecule has 0 heterocycles. The summed E-state index contributed by atoms with van der Waals surface area (Å²) >= 11 is 0. The maximum atomic E-state index is 12.6. The molecule has 2 atom stereocenters. The fraction of sp³-hybridized carbons (Fsp3) is 0.471. The number of benzene rings is 1. The van der Waals surface area contributed by atoms with E-state index in [1.165, 1.54) is 12.1 Å². The van der Waals surface area contributed by atoms with E-state index < -0.39 is 24.0 Å². The van der Waals surface area contributed by atoms with E-state index in [0.717, 1.165) is 5.56 Å². The number of carbonyl (C=O) groups is 2. The molecule has 1 rings (SSSR count). The third-order valence-electron chi connectivity index (χ3n) is 3.75. The van der Waals surface area contributed by atoms with Gasteiger partial charge in [-0.1, -0.05) is 19.1 Å². The summed E-state index contributed by atoms with van der Waals surface area (Å²) in [7, 11) is 0. The molecule has 10 nitrogen and oxygen atoms in total. The van der Waals surface area contributed by atoms with Crippen molar-refractivity contribution in [1.29, 1.82) is 5.41 Å². The predicted molar refractivity (Wildman–Crippen MR) is 101 cm³/mol. The zero-order valence-electron chi connectivity index (χ0n) is 15.3. The van der Waals surface area contributed by atoms with Crippen molar-refractivity contribution in [3.8, 4) is 5.75 Å². The lowest BCUT2D eigenvalue weighted by atomic mass is 10.0. The molecule has 1 aromatic carbocycles. The quantitative estimate of drug-likeness (QED) is 0.101. The Labute approximate surface area is 158 Å². The minimum Gasteiger partial charge on any atom is -0.508 e. The Morgan fingerprint density at radius 1 is 1.22 bits per heavy atom. The number of phenolic OH excluding ortho intramolecular Hbond substituents is 1. The maximum Gasteiger partial charge on any atom is 0.326 e. The fourth-order valence-electron chi connectivity index (χ4n) is 2.36. The van der Waals surface area contributed by atoms with Crippen molar-refractivity contribution >= 4 is 17.8 Å². The van der Waals surface area contributed by atoms with Crippen molar-refractivity contribution in [3.05, 3.63) is 29.8 Å². The van der Waals surface area contributed by atoms with E-state index in [4.69, 9.17) is 11.1 Å². The highest BCUT2D eigenvalue weighted by Crippen LogP contribution is 2.11. The van der Waals surface area contributed by atoms with Gasteiger partial charge in [-0.25, -0.2) is 10.2 Å². The van der Waals surface area contributed by atoms with Crippen molar-refractivity contribution < 1.29 is 19.8 Å². The topological polar surface area (TPSA) is 173 Å². The number of carboxylic acid groups (broad SMARTS) is 1. The summed E-state index contributed by atoms with van der Waals surface area (Å²) in [6.07, 6.45) is 0.950. The second-order valence-electron chi connectivity index (χ2n) is 5.98. The number of carbonyl (C=O) groups excluding carboxylic acids is 1. The van der Waals surface area contributed by atoms with Gasteiger partial charge in [0.05, 0.1) is 0 Å². The summed E-state index contributed by atoms with van der Waals surface area (Å²) in [6.45, 7) is 2.80. The van der Waals surface area contributed by atoms with Crippen LogP contribution in [0.2, 0.25) is 0 Å². The second kappa shape index (κ2) is 11.7. The smallest absolute Gasteiger partial charge is 0.326 e. The Hall–Kier alpha value is -2.85. The molecular formula is C17H28N6O4. The minimum absolute atomic E-state index is 0.129. The molecule has 27 heavy (non-hydrogen) atoms. The monoisotopic (exact) mass is 380 g/mol. The van der Waals surface area contributed by atoms with Crippen molar-refractivity contribution in [3.63, 3.8) is 0 Å². The average Bonchev–Trinajstić information content (AvgIpc) is 2.62. The first kappa shape index (κ1) is 22.2. The van der Waals surface area contributed by atoms with Gasteiger partial charge in [-0.3, -0.25) is 15.6 Å². The van der Waals surface area contributed by atoms with Crippen LogP contribution in [0.1, 0.15) is 25.3 Å². The van der Waals surface area contributed by atoms with E-state index in [2.05, 4.69) is 21.5 Å². The van der Waals surface area contributed by atoms with Gasteiger partial charge in [-0.2, -0.15) is 0 Å². The molecule has 0 unspecified atom stereocenters. The number of hydrogen-bond acceptors (Lipinski definition) is 6. The standard InChI is InChI=1S/C17H28N6O4/c1-2-21-23-14(10-11-5-7-12(24)8-6-11)15(25)22-13(16(26)27)4-3-9-20-17(18)19/h5-8,13-14,21,23-24H,2-4,9-10H2,1H3,(H,22,25)(H,26,27)(H4,18,19,20)/t13-,14-/m0/s1. The fourth-order valence-corrected chi connectivity index (χ4v) is 2.36. The largest absolute Gasteiger partial charge is 0.508 e. The second-order valence-corrected chi connectivity index (χ2v) is 5.98. The van der Waals surface area contributed by atoms with Crippen LogP contribution in [0.4, 0.5) is 0 Å². The van der Waals surface area contributed by atoms with Crippen LogP contribution < -0.4 is 27.2 Å². The number of hydrazine groups is 1. The van der Waals surface area contributed by atoms with Gasteiger partial charge in [0.2, 0.25) is 5.91 Å². The molecule has 0 aliphatic heterocycles. The molecule has 0 radical (unpaired) electrons. The van der Waals surface area contributed by atoms with Crippen LogP contribution in [0.3, 0.4) is 0 Å². The summed E-state index contributed by atoms with van der Waals surface area (Å²) < 4.78 is 0. The zero-order chi connectivity index (χ0) is 20.2. The lowest BCUT2D eigenvalue weighted by Crippen LogP contribution is -2.54. The van der Waals surface area contributed by atoms with E-state index in [0.29, 0.717) is 25.9 Å². The number of nitrogens with one attached hydrogen (secondary N) is 5. The summed E-state index contributed by atoms with van der Waals surface area (Å²) in [5.74, 6) is -1.63. The van der Waals surface area contributed by atoms with Crippen LogP contribution in [0.5, 0.6) is 5.75 Å². The summed E-state index contributed by atoms with van der Waals surface area (Å²) in [5.41, 5.74) is 11.7. The highest BCUT2D eigenvalue weighted by molar-refractivity contribution is 5.87. The van der Waals surface area contributed by atoms with Crippen LogP contribution in [0.15, 0.2) is 24.3 Å². The maximum absolute atomic E-state index is 12.6. The highest BCUT2D eigenvalue weighted by atomic mass is 16.4. The highest BCUT2D eigenvalue weighted by Gasteiger charge is 2.25. The minimum atomic E-state index is -1.13. The van der Waals surface area contributed by atoms with Crippen LogP contribution in [-0.2, 0) is 16.0 Å². The van der Waals surface area contributed by atoms with Crippen molar-refractivity contribution in [2.75, 3.05) is 13.1 Å². The molecule has 0 aliphatic rings. The van der Waals surface area contributed by atoms with Crippen molar-refractivity contribution in [2.24, 2.45) is 5.73 Å². The summed E-state index contributed by atoms with van der Waals surface area (Å²) in [5, 5.41) is 30.9. The van der Waals surface area contributed by atoms with E-state index in [-0.39, 0.29) is 18.1 Å². The first-order valence-corrected chi connectivity index (χ1v) is 8.70. The van der Waals surface area contributed by atoms with Gasteiger partial charge in [0.15, 0.2) is 5.96 Å². The average molecular weight is 380 g/mol. The number of aliphatic carboxylic acids is 1. The molecule has 1 amide bonds. The van der Waals surface area contributed by atoms with E-state index in [1.807, 2.05) is 6.92 Å². The Balaban J connectivity index is 2.69. The summed E-state index contributed by atoms with van der Waals surface area (Å²) in [4.78, 5) is 24.0. The molecule has 0 aromatic heterocycles. The predicted octanol–water partition coefficient (Wildman–Crippen LogP) is -0.750. The third kappa shape index (κ3) is 8.88. The molecule has 9 N–H and O–H groups in total. The molecule has 150 valence electrons. The van der Waals surface area contributed by atoms with Crippen LogP contribution >= 0.6 is 0 Å². The molecule has 10 heteroatoms. The Morgan fingerprint density at radius 3 is 2.44 bits per heavy atom. The number of hydrogen-bond donors (Lipinski definition) is 8. The van der Waals surface area contributed by atoms with E-state index >= 15 is 0 Å². The van der Waals surface area contributed by atoms with Crippen LogP contribution in [0, 0.1) is 5.41 Å². The number of nitrogens with two attached hydrogens (primary N) is 1. The Morgan fingerprint density at radius 2 is 1.89 bits per heavy atom. The molecule has 0 saturated carbocycles. The van der Waals surface area contributed by atoms with E-state index in [9.17, 15) is 19.8 Å². The van der Waals surface area contributed by atoms with Gasteiger partial charge in [-0.15, -0.1) is 0 Å². The number of amides is 1. The van der Waals surface area contributed by atoms with Crippen molar-refractivity contribution in [2.45, 2.75) is 38.3 Å². The van der Waals surface area contributed by atoms with Gasteiger partial charge in [0.25, 0.3) is 0 Å². The number of guanidine groups is 1. The Kier molecular flexibility index (Phi) is 9.62. The number of aromatic hydroxyl groups is 1. The van der Waals surface area contributed by atoms with Gasteiger partial charge in [0.1, 0.15) is 17.8 Å². The molecule has 1 aromatic rings. The van der Waals surface area contributed by atoms with Gasteiger partial charge >= 0.3 is 5.97 Å². The number of carboxylic acids is 1. The van der Waals surface area contributed by atoms with Crippen LogP contribution in [-0.4, -0.2) is 53.2 Å². The number of phenols is 1. The first-order valence-electron chi connectivity index (χ1n) is 8.70. The first-order chi connectivity index (χ1) is 12.8. The molecule has 0 bridgehead atoms. The van der Waals surface area contributed by atoms with Gasteiger partial charge in [-0.05, 0) is 37.0 Å². The molecule has 0 saturated heterocycles.